The molecule has 6 nitrogen and oxygen atoms in total. The largest absolute Gasteiger partial charge is 0.461 e. The molecule has 1 aliphatic heterocycles. The lowest BCUT2D eigenvalue weighted by molar-refractivity contribution is -0.142. The fourth-order valence-electron chi connectivity index (χ4n) is 2.11. The summed E-state index contributed by atoms with van der Waals surface area (Å²) in [6.45, 7) is 1.74. The van der Waals surface area contributed by atoms with Gasteiger partial charge in [-0.3, -0.25) is 9.59 Å². The number of esters is 1. The molecule has 0 aliphatic carbocycles. The highest BCUT2D eigenvalue weighted by atomic mass is 16.7. The number of carbonyl (C=O) groups is 2. The number of hydrogen-bond acceptors (Lipinski definition) is 5. The van der Waals surface area contributed by atoms with Crippen molar-refractivity contribution in [1.29, 1.82) is 0 Å². The Kier molecular flexibility index (Phi) is 4.14. The normalized spacial score (nSPS) is 11.9. The van der Waals surface area contributed by atoms with Crippen LogP contribution in [0.3, 0.4) is 0 Å². The van der Waals surface area contributed by atoms with Crippen LogP contribution in [0.15, 0.2) is 42.5 Å². The van der Waals surface area contributed by atoms with Crippen LogP contribution in [0.4, 0.5) is 5.69 Å². The van der Waals surface area contributed by atoms with Gasteiger partial charge < -0.3 is 19.5 Å². The Balaban J connectivity index is 1.65. The number of amides is 1. The van der Waals surface area contributed by atoms with Gasteiger partial charge in [-0.25, -0.2) is 0 Å². The van der Waals surface area contributed by atoms with E-state index in [1.807, 2.05) is 0 Å². The van der Waals surface area contributed by atoms with Crippen LogP contribution in [-0.2, 0) is 16.1 Å². The minimum Gasteiger partial charge on any atom is -0.461 e. The van der Waals surface area contributed by atoms with Crippen LogP contribution in [0.1, 0.15) is 22.8 Å². The van der Waals surface area contributed by atoms with Crippen molar-refractivity contribution in [3.8, 4) is 11.5 Å². The first kappa shape index (κ1) is 14.9. The van der Waals surface area contributed by atoms with Gasteiger partial charge in [-0.2, -0.15) is 0 Å². The summed E-state index contributed by atoms with van der Waals surface area (Å²) in [5.41, 5.74) is 1.96. The third-order valence-electron chi connectivity index (χ3n) is 3.29. The molecule has 0 unspecified atom stereocenters. The van der Waals surface area contributed by atoms with E-state index in [9.17, 15) is 9.59 Å². The lowest BCUT2D eigenvalue weighted by atomic mass is 10.1. The fourth-order valence-corrected chi connectivity index (χ4v) is 2.11. The second kappa shape index (κ2) is 6.39. The number of fused-ring (bicyclic) bond motifs is 1. The summed E-state index contributed by atoms with van der Waals surface area (Å²) in [4.78, 5) is 23.0. The first-order valence-corrected chi connectivity index (χ1v) is 7.05. The minimum absolute atomic E-state index is 0.191. The molecular weight excluding hydrogens is 298 g/mol. The Morgan fingerprint density at radius 3 is 2.57 bits per heavy atom. The first-order valence-electron chi connectivity index (χ1n) is 7.05. The molecule has 0 atom stereocenters. The molecule has 1 aliphatic rings. The molecule has 23 heavy (non-hydrogen) atoms. The first-order chi connectivity index (χ1) is 11.1. The van der Waals surface area contributed by atoms with Gasteiger partial charge in [-0.15, -0.1) is 0 Å². The molecule has 1 amide bonds. The zero-order valence-corrected chi connectivity index (χ0v) is 12.5. The number of benzene rings is 2. The maximum atomic E-state index is 12.2. The Morgan fingerprint density at radius 1 is 1.09 bits per heavy atom. The van der Waals surface area contributed by atoms with E-state index in [0.717, 1.165) is 5.56 Å². The van der Waals surface area contributed by atoms with Crippen molar-refractivity contribution in [1.82, 2.24) is 0 Å². The lowest BCUT2D eigenvalue weighted by Crippen LogP contribution is -2.11. The number of nitrogens with one attached hydrogen (secondary N) is 1. The van der Waals surface area contributed by atoms with Crippen molar-refractivity contribution in [3.05, 3.63) is 53.6 Å². The predicted octanol–water partition coefficient (Wildman–Crippen LogP) is 2.73. The van der Waals surface area contributed by atoms with Crippen molar-refractivity contribution in [3.63, 3.8) is 0 Å². The SMILES string of the molecule is CC(=O)OCc1ccc(C(=O)Nc2ccc3c(c2)OCO3)cc1. The maximum Gasteiger partial charge on any atom is 0.302 e. The summed E-state index contributed by atoms with van der Waals surface area (Å²) in [5.74, 6) is 0.704. The third kappa shape index (κ3) is 3.60. The Bertz CT molecular complexity index is 739. The van der Waals surface area contributed by atoms with E-state index >= 15 is 0 Å². The molecule has 2 aromatic rings. The third-order valence-corrected chi connectivity index (χ3v) is 3.29. The molecule has 0 saturated carbocycles. The van der Waals surface area contributed by atoms with Gasteiger partial charge in [0.2, 0.25) is 6.79 Å². The molecule has 2 aromatic carbocycles. The van der Waals surface area contributed by atoms with Gasteiger partial charge in [0.05, 0.1) is 0 Å². The molecular formula is C17H15NO5. The number of ether oxygens (including phenoxy) is 3. The lowest BCUT2D eigenvalue weighted by Gasteiger charge is -2.07. The second-order valence-electron chi connectivity index (χ2n) is 5.00. The van der Waals surface area contributed by atoms with Gasteiger partial charge in [0.1, 0.15) is 6.61 Å². The van der Waals surface area contributed by atoms with Crippen LogP contribution in [0.2, 0.25) is 0 Å². The van der Waals surface area contributed by atoms with Gasteiger partial charge in [0.25, 0.3) is 5.91 Å². The summed E-state index contributed by atoms with van der Waals surface area (Å²) < 4.78 is 15.4. The molecule has 6 heteroatoms. The van der Waals surface area contributed by atoms with Crippen molar-refractivity contribution >= 4 is 17.6 Å². The zero-order chi connectivity index (χ0) is 16.2. The van der Waals surface area contributed by atoms with Crippen molar-refractivity contribution in [2.24, 2.45) is 0 Å². The predicted molar refractivity (Wildman–Crippen MR) is 82.4 cm³/mol. The van der Waals surface area contributed by atoms with E-state index in [2.05, 4.69) is 5.32 Å². The average molecular weight is 313 g/mol. The molecule has 0 radical (unpaired) electrons. The highest BCUT2D eigenvalue weighted by Crippen LogP contribution is 2.34. The van der Waals surface area contributed by atoms with Gasteiger partial charge in [-0.1, -0.05) is 12.1 Å². The van der Waals surface area contributed by atoms with Crippen molar-refractivity contribution in [2.45, 2.75) is 13.5 Å². The molecule has 0 fully saturated rings. The summed E-state index contributed by atoms with van der Waals surface area (Å²) in [6, 6.07) is 12.1. The number of carbonyl (C=O) groups excluding carboxylic acids is 2. The van der Waals surface area contributed by atoms with Crippen LogP contribution in [0.5, 0.6) is 11.5 Å². The highest BCUT2D eigenvalue weighted by Gasteiger charge is 2.14. The van der Waals surface area contributed by atoms with Crippen LogP contribution in [0.25, 0.3) is 0 Å². The van der Waals surface area contributed by atoms with E-state index in [-0.39, 0.29) is 25.3 Å². The van der Waals surface area contributed by atoms with Crippen LogP contribution >= 0.6 is 0 Å². The average Bonchev–Trinajstić information content (AvgIpc) is 3.01. The van der Waals surface area contributed by atoms with Gasteiger partial charge in [-0.05, 0) is 29.8 Å². The molecule has 0 spiro atoms. The van der Waals surface area contributed by atoms with E-state index in [4.69, 9.17) is 14.2 Å². The molecule has 0 bridgehead atoms. The number of anilines is 1. The van der Waals surface area contributed by atoms with E-state index in [0.29, 0.717) is 22.7 Å². The monoisotopic (exact) mass is 313 g/mol. The van der Waals surface area contributed by atoms with Gasteiger partial charge in [0, 0.05) is 24.2 Å². The van der Waals surface area contributed by atoms with E-state index in [1.54, 1.807) is 42.5 Å². The summed E-state index contributed by atoms with van der Waals surface area (Å²) in [5, 5.41) is 2.80. The van der Waals surface area contributed by atoms with E-state index in [1.165, 1.54) is 6.92 Å². The summed E-state index contributed by atoms with van der Waals surface area (Å²) >= 11 is 0. The fraction of sp³-hybridized carbons (Fsp3) is 0.176. The molecule has 0 saturated heterocycles. The Morgan fingerprint density at radius 2 is 1.83 bits per heavy atom. The Hall–Kier alpha value is -3.02. The maximum absolute atomic E-state index is 12.2. The summed E-state index contributed by atoms with van der Waals surface area (Å²) in [7, 11) is 0. The quantitative estimate of drug-likeness (QED) is 0.879. The second-order valence-corrected chi connectivity index (χ2v) is 5.00. The molecule has 3 rings (SSSR count). The number of rotatable bonds is 4. The van der Waals surface area contributed by atoms with E-state index < -0.39 is 0 Å². The molecule has 1 N–H and O–H groups in total. The molecule has 1 heterocycles. The van der Waals surface area contributed by atoms with Gasteiger partial charge >= 0.3 is 5.97 Å². The molecule has 0 aromatic heterocycles. The zero-order valence-electron chi connectivity index (χ0n) is 12.5. The van der Waals surface area contributed by atoms with Crippen LogP contribution < -0.4 is 14.8 Å². The Labute approximate surface area is 133 Å². The molecule has 118 valence electrons. The summed E-state index contributed by atoms with van der Waals surface area (Å²) in [6.07, 6.45) is 0. The van der Waals surface area contributed by atoms with Crippen LogP contribution in [-0.4, -0.2) is 18.7 Å². The topological polar surface area (TPSA) is 73.9 Å². The van der Waals surface area contributed by atoms with Crippen LogP contribution in [0, 0.1) is 0 Å². The van der Waals surface area contributed by atoms with Crippen molar-refractivity contribution in [2.75, 3.05) is 12.1 Å². The smallest absolute Gasteiger partial charge is 0.302 e. The standard InChI is InChI=1S/C17H15NO5/c1-11(19)21-9-12-2-4-13(5-3-12)17(20)18-14-6-7-15-16(8-14)23-10-22-15/h2-8H,9-10H2,1H3,(H,18,20). The van der Waals surface area contributed by atoms with Crippen molar-refractivity contribution < 1.29 is 23.8 Å². The number of hydrogen-bond donors (Lipinski definition) is 1. The van der Waals surface area contributed by atoms with Gasteiger partial charge in [0.15, 0.2) is 11.5 Å². The highest BCUT2D eigenvalue weighted by molar-refractivity contribution is 6.04. The minimum atomic E-state index is -0.338.